The van der Waals surface area contributed by atoms with Gasteiger partial charge in [-0.15, -0.1) is 0 Å². The summed E-state index contributed by atoms with van der Waals surface area (Å²) in [6.45, 7) is 2.91. The van der Waals surface area contributed by atoms with Gasteiger partial charge in [-0.25, -0.2) is 8.42 Å². The average molecular weight is 498 g/mol. The molecule has 186 valence electrons. The number of rotatable bonds is 6. The SMILES string of the molecule is COc1ccccc1-c1[nH]ncc1CN1CCCN(S(=O)(=O)c2ccccc2)CCC(=O)NCC1. The van der Waals surface area contributed by atoms with Gasteiger partial charge < -0.3 is 10.1 Å². The fourth-order valence-corrected chi connectivity index (χ4v) is 5.76. The van der Waals surface area contributed by atoms with Gasteiger partial charge in [0.15, 0.2) is 0 Å². The molecule has 9 nitrogen and oxygen atoms in total. The van der Waals surface area contributed by atoms with Crippen molar-refractivity contribution in [1.82, 2.24) is 24.7 Å². The maximum Gasteiger partial charge on any atom is 0.243 e. The molecule has 2 heterocycles. The summed E-state index contributed by atoms with van der Waals surface area (Å²) in [5.41, 5.74) is 2.81. The highest BCUT2D eigenvalue weighted by Gasteiger charge is 2.25. The summed E-state index contributed by atoms with van der Waals surface area (Å²) in [6, 6.07) is 16.1. The zero-order valence-corrected chi connectivity index (χ0v) is 20.6. The molecule has 1 aliphatic heterocycles. The van der Waals surface area contributed by atoms with Gasteiger partial charge in [-0.2, -0.15) is 9.40 Å². The van der Waals surface area contributed by atoms with Crippen LogP contribution in [0, 0.1) is 0 Å². The number of nitrogens with one attached hydrogen (secondary N) is 2. The predicted molar refractivity (Wildman–Crippen MR) is 133 cm³/mol. The smallest absolute Gasteiger partial charge is 0.243 e. The number of methoxy groups -OCH3 is 1. The molecule has 0 bridgehead atoms. The molecule has 35 heavy (non-hydrogen) atoms. The van der Waals surface area contributed by atoms with Crippen LogP contribution in [0.5, 0.6) is 5.75 Å². The summed E-state index contributed by atoms with van der Waals surface area (Å²) in [4.78, 5) is 14.8. The molecule has 0 saturated carbocycles. The number of aromatic amines is 1. The molecule has 0 atom stereocenters. The van der Waals surface area contributed by atoms with Crippen LogP contribution in [0.25, 0.3) is 11.3 Å². The van der Waals surface area contributed by atoms with Crippen molar-refractivity contribution in [3.8, 4) is 17.0 Å². The summed E-state index contributed by atoms with van der Waals surface area (Å²) in [5.74, 6) is 0.600. The van der Waals surface area contributed by atoms with Gasteiger partial charge >= 0.3 is 0 Å². The molecule has 0 unspecified atom stereocenters. The minimum absolute atomic E-state index is 0.131. The molecule has 2 aromatic carbocycles. The maximum absolute atomic E-state index is 13.2. The third kappa shape index (κ3) is 6.08. The molecule has 2 N–H and O–H groups in total. The van der Waals surface area contributed by atoms with Crippen molar-refractivity contribution in [2.24, 2.45) is 0 Å². The number of ether oxygens (including phenoxy) is 1. The third-order valence-corrected chi connectivity index (χ3v) is 8.00. The molecule has 0 spiro atoms. The zero-order chi connectivity index (χ0) is 24.7. The van der Waals surface area contributed by atoms with E-state index in [1.165, 1.54) is 4.31 Å². The number of benzene rings is 2. The monoisotopic (exact) mass is 497 g/mol. The van der Waals surface area contributed by atoms with Crippen molar-refractivity contribution in [3.63, 3.8) is 0 Å². The quantitative estimate of drug-likeness (QED) is 0.542. The second-order valence-electron chi connectivity index (χ2n) is 8.42. The summed E-state index contributed by atoms with van der Waals surface area (Å²) in [7, 11) is -2.04. The topological polar surface area (TPSA) is 108 Å². The van der Waals surface area contributed by atoms with Crippen molar-refractivity contribution in [1.29, 1.82) is 0 Å². The van der Waals surface area contributed by atoms with E-state index in [-0.39, 0.29) is 23.8 Å². The Labute approximate surface area is 206 Å². The Morgan fingerprint density at radius 3 is 2.57 bits per heavy atom. The summed E-state index contributed by atoms with van der Waals surface area (Å²) >= 11 is 0. The van der Waals surface area contributed by atoms with Gasteiger partial charge in [-0.3, -0.25) is 14.8 Å². The molecular formula is C25H31N5O4S. The number of H-pyrrole nitrogens is 1. The van der Waals surface area contributed by atoms with Gasteiger partial charge in [0.2, 0.25) is 15.9 Å². The average Bonchev–Trinajstić information content (AvgIpc) is 3.32. The number of hydrogen-bond donors (Lipinski definition) is 2. The van der Waals surface area contributed by atoms with Crippen molar-refractivity contribution in [2.45, 2.75) is 24.3 Å². The van der Waals surface area contributed by atoms with Crippen molar-refractivity contribution >= 4 is 15.9 Å². The highest BCUT2D eigenvalue weighted by Crippen LogP contribution is 2.31. The second kappa shape index (κ2) is 11.5. The van der Waals surface area contributed by atoms with Gasteiger partial charge in [-0.1, -0.05) is 30.3 Å². The highest BCUT2D eigenvalue weighted by atomic mass is 32.2. The molecule has 3 aromatic rings. The van der Waals surface area contributed by atoms with Gasteiger partial charge in [0.1, 0.15) is 5.75 Å². The summed E-state index contributed by atoms with van der Waals surface area (Å²) < 4.78 is 33.3. The van der Waals surface area contributed by atoms with Crippen LogP contribution in [0.3, 0.4) is 0 Å². The minimum Gasteiger partial charge on any atom is -0.496 e. The normalized spacial score (nSPS) is 16.9. The lowest BCUT2D eigenvalue weighted by Gasteiger charge is -2.24. The van der Waals surface area contributed by atoms with Crippen molar-refractivity contribution < 1.29 is 17.9 Å². The Bertz CT molecular complexity index is 1230. The van der Waals surface area contributed by atoms with Gasteiger partial charge in [-0.05, 0) is 37.2 Å². The lowest BCUT2D eigenvalue weighted by atomic mass is 10.1. The van der Waals surface area contributed by atoms with Crippen LogP contribution in [-0.4, -0.2) is 73.6 Å². The lowest BCUT2D eigenvalue weighted by molar-refractivity contribution is -0.121. The number of carbonyl (C=O) groups excluding carboxylic acids is 1. The third-order valence-electron chi connectivity index (χ3n) is 6.09. The minimum atomic E-state index is -3.68. The summed E-state index contributed by atoms with van der Waals surface area (Å²) in [6.07, 6.45) is 2.57. The molecule has 0 aliphatic carbocycles. The Balaban J connectivity index is 1.51. The van der Waals surface area contributed by atoms with Gasteiger partial charge in [0.25, 0.3) is 0 Å². The van der Waals surface area contributed by atoms with E-state index in [0.717, 1.165) is 22.6 Å². The molecule has 1 amide bonds. The molecular weight excluding hydrogens is 466 g/mol. The maximum atomic E-state index is 13.2. The van der Waals surface area contributed by atoms with E-state index in [1.807, 2.05) is 24.3 Å². The number of nitrogens with zero attached hydrogens (tertiary/aromatic N) is 3. The van der Waals surface area contributed by atoms with Crippen LogP contribution < -0.4 is 10.1 Å². The predicted octanol–water partition coefficient (Wildman–Crippen LogP) is 2.49. The van der Waals surface area contributed by atoms with Crippen molar-refractivity contribution in [2.75, 3.05) is 39.8 Å². The molecule has 10 heteroatoms. The number of carbonyl (C=O) groups is 1. The first-order valence-electron chi connectivity index (χ1n) is 11.7. The van der Waals surface area contributed by atoms with E-state index in [2.05, 4.69) is 20.4 Å². The van der Waals surface area contributed by atoms with Crippen LogP contribution in [0.1, 0.15) is 18.4 Å². The van der Waals surface area contributed by atoms with Gasteiger partial charge in [0.05, 0.1) is 23.9 Å². The van der Waals surface area contributed by atoms with E-state index in [9.17, 15) is 13.2 Å². The number of sulfonamides is 1. The fourth-order valence-electron chi connectivity index (χ4n) is 4.26. The second-order valence-corrected chi connectivity index (χ2v) is 10.4. The van der Waals surface area contributed by atoms with Crippen molar-refractivity contribution in [3.05, 3.63) is 66.4 Å². The standard InChI is InChI=1S/C25H31N5O4S/c1-34-23-11-6-5-10-22(23)25-20(18-27-28-25)19-29-14-7-15-30(16-12-24(31)26-13-17-29)35(32,33)21-8-3-2-4-9-21/h2-6,8-11,18H,7,12-17,19H2,1H3,(H,26,31)(H,27,28). The largest absolute Gasteiger partial charge is 0.496 e. The first kappa shape index (κ1) is 24.9. The molecule has 1 aliphatic rings. The number of para-hydroxylation sites is 1. The fraction of sp³-hybridized carbons (Fsp3) is 0.360. The highest BCUT2D eigenvalue weighted by molar-refractivity contribution is 7.89. The van der Waals surface area contributed by atoms with Gasteiger partial charge in [0, 0.05) is 50.3 Å². The molecule has 1 aromatic heterocycles. The van der Waals surface area contributed by atoms with Crippen LogP contribution in [-0.2, 0) is 21.4 Å². The number of hydrogen-bond acceptors (Lipinski definition) is 6. The Morgan fingerprint density at radius 1 is 1.00 bits per heavy atom. The van der Waals surface area contributed by atoms with E-state index in [1.54, 1.807) is 43.6 Å². The summed E-state index contributed by atoms with van der Waals surface area (Å²) in [5, 5.41) is 10.3. The number of amides is 1. The first-order chi connectivity index (χ1) is 17.0. The molecule has 0 radical (unpaired) electrons. The Morgan fingerprint density at radius 2 is 1.77 bits per heavy atom. The first-order valence-corrected chi connectivity index (χ1v) is 13.1. The van der Waals surface area contributed by atoms with Crippen LogP contribution in [0.15, 0.2) is 65.7 Å². The van der Waals surface area contributed by atoms with E-state index in [4.69, 9.17) is 4.74 Å². The van der Waals surface area contributed by atoms with Crippen LogP contribution in [0.4, 0.5) is 0 Å². The molecule has 4 rings (SSSR count). The molecule has 1 saturated heterocycles. The Kier molecular flexibility index (Phi) is 8.17. The van der Waals surface area contributed by atoms with Crippen LogP contribution in [0.2, 0.25) is 0 Å². The molecule has 1 fully saturated rings. The van der Waals surface area contributed by atoms with E-state index < -0.39 is 10.0 Å². The number of aromatic nitrogens is 2. The zero-order valence-electron chi connectivity index (χ0n) is 19.8. The van der Waals surface area contributed by atoms with E-state index in [0.29, 0.717) is 39.1 Å². The lowest BCUT2D eigenvalue weighted by Crippen LogP contribution is -2.36. The van der Waals surface area contributed by atoms with Crippen LogP contribution >= 0.6 is 0 Å². The van der Waals surface area contributed by atoms with E-state index >= 15 is 0 Å². The Hall–Kier alpha value is -3.21.